The second kappa shape index (κ2) is 6.07. The van der Waals surface area contributed by atoms with Gasteiger partial charge in [0.05, 0.1) is 6.10 Å². The van der Waals surface area contributed by atoms with E-state index >= 15 is 0 Å². The van der Waals surface area contributed by atoms with E-state index in [0.717, 1.165) is 17.0 Å². The number of aryl methyl sites for hydroxylation is 2. The number of hydrogen-bond acceptors (Lipinski definition) is 2. The SMILES string of the molecule is Cc1cc2c(cc1C)[C@@H](c1cccc(OC(C)C)c1)CC(=O)N2. The zero-order valence-electron chi connectivity index (χ0n) is 14.1. The van der Waals surface area contributed by atoms with Crippen LogP contribution in [0, 0.1) is 13.8 Å². The van der Waals surface area contributed by atoms with Crippen LogP contribution in [0.5, 0.6) is 5.75 Å². The number of benzene rings is 2. The second-order valence-corrected chi connectivity index (χ2v) is 6.57. The summed E-state index contributed by atoms with van der Waals surface area (Å²) in [7, 11) is 0. The number of nitrogens with one attached hydrogen (secondary N) is 1. The standard InChI is InChI=1S/C20H23NO2/c1-12(2)23-16-7-5-6-15(10-16)17-11-20(22)21-19-9-14(4)13(3)8-18(17)19/h5-10,12,17H,11H2,1-4H3,(H,21,22)/t17-/m1/s1. The molecule has 1 atom stereocenters. The Bertz CT molecular complexity index is 749. The quantitative estimate of drug-likeness (QED) is 0.902. The summed E-state index contributed by atoms with van der Waals surface area (Å²) in [4.78, 5) is 12.1. The number of fused-ring (bicyclic) bond motifs is 1. The van der Waals surface area contributed by atoms with E-state index in [9.17, 15) is 4.79 Å². The van der Waals surface area contributed by atoms with Crippen LogP contribution in [-0.4, -0.2) is 12.0 Å². The van der Waals surface area contributed by atoms with E-state index < -0.39 is 0 Å². The van der Waals surface area contributed by atoms with Crippen molar-refractivity contribution in [2.45, 2.75) is 46.1 Å². The molecule has 0 spiro atoms. The Morgan fingerprint density at radius 3 is 2.61 bits per heavy atom. The summed E-state index contributed by atoms with van der Waals surface area (Å²) in [5, 5.41) is 3.00. The lowest BCUT2D eigenvalue weighted by Gasteiger charge is -2.27. The van der Waals surface area contributed by atoms with Crippen molar-refractivity contribution in [3.63, 3.8) is 0 Å². The highest BCUT2D eigenvalue weighted by Crippen LogP contribution is 2.39. The number of rotatable bonds is 3. The van der Waals surface area contributed by atoms with Gasteiger partial charge in [-0.05, 0) is 68.1 Å². The molecule has 0 saturated heterocycles. The van der Waals surface area contributed by atoms with Crippen LogP contribution in [0.3, 0.4) is 0 Å². The Morgan fingerprint density at radius 1 is 1.13 bits per heavy atom. The van der Waals surface area contributed by atoms with Crippen molar-refractivity contribution in [3.8, 4) is 5.75 Å². The average molecular weight is 309 g/mol. The highest BCUT2D eigenvalue weighted by molar-refractivity contribution is 5.95. The molecule has 2 aromatic rings. The van der Waals surface area contributed by atoms with Crippen molar-refractivity contribution in [2.75, 3.05) is 5.32 Å². The van der Waals surface area contributed by atoms with Crippen LogP contribution in [0.4, 0.5) is 5.69 Å². The molecule has 0 unspecified atom stereocenters. The van der Waals surface area contributed by atoms with E-state index in [1.165, 1.54) is 16.7 Å². The third-order valence-corrected chi connectivity index (χ3v) is 4.34. The lowest BCUT2D eigenvalue weighted by atomic mass is 9.83. The minimum Gasteiger partial charge on any atom is -0.491 e. The smallest absolute Gasteiger partial charge is 0.225 e. The molecule has 2 aromatic carbocycles. The van der Waals surface area contributed by atoms with Gasteiger partial charge in [0.1, 0.15) is 5.75 Å². The zero-order valence-corrected chi connectivity index (χ0v) is 14.1. The fourth-order valence-electron chi connectivity index (χ4n) is 3.11. The molecule has 0 fully saturated rings. The van der Waals surface area contributed by atoms with Crippen LogP contribution < -0.4 is 10.1 Å². The first kappa shape index (κ1) is 15.6. The normalized spacial score (nSPS) is 16.9. The van der Waals surface area contributed by atoms with Crippen molar-refractivity contribution >= 4 is 11.6 Å². The molecule has 1 aliphatic heterocycles. The van der Waals surface area contributed by atoms with Crippen molar-refractivity contribution < 1.29 is 9.53 Å². The summed E-state index contributed by atoms with van der Waals surface area (Å²) in [6, 6.07) is 12.4. The Morgan fingerprint density at radius 2 is 1.87 bits per heavy atom. The largest absolute Gasteiger partial charge is 0.491 e. The van der Waals surface area contributed by atoms with Gasteiger partial charge in [-0.2, -0.15) is 0 Å². The number of anilines is 1. The van der Waals surface area contributed by atoms with Crippen LogP contribution in [-0.2, 0) is 4.79 Å². The Labute approximate surface area is 137 Å². The van der Waals surface area contributed by atoms with E-state index in [-0.39, 0.29) is 17.9 Å². The van der Waals surface area contributed by atoms with Gasteiger partial charge in [0.25, 0.3) is 0 Å². The summed E-state index contributed by atoms with van der Waals surface area (Å²) in [5.74, 6) is 1.00. The minimum atomic E-state index is 0.0703. The number of carbonyl (C=O) groups excluding carboxylic acids is 1. The van der Waals surface area contributed by atoms with Gasteiger partial charge in [-0.3, -0.25) is 4.79 Å². The predicted octanol–water partition coefficient (Wildman–Crippen LogP) is 4.56. The summed E-state index contributed by atoms with van der Waals surface area (Å²) in [6.07, 6.45) is 0.609. The Balaban J connectivity index is 2.04. The topological polar surface area (TPSA) is 38.3 Å². The van der Waals surface area contributed by atoms with Crippen LogP contribution in [0.1, 0.15) is 48.4 Å². The molecular weight excluding hydrogens is 286 g/mol. The maximum Gasteiger partial charge on any atom is 0.225 e. The first-order chi connectivity index (χ1) is 10.9. The van der Waals surface area contributed by atoms with Gasteiger partial charge < -0.3 is 10.1 Å². The molecule has 1 heterocycles. The van der Waals surface area contributed by atoms with Gasteiger partial charge in [-0.15, -0.1) is 0 Å². The minimum absolute atomic E-state index is 0.0703. The summed E-state index contributed by atoms with van der Waals surface area (Å²) in [5.41, 5.74) is 5.70. The lowest BCUT2D eigenvalue weighted by Crippen LogP contribution is -2.24. The number of ether oxygens (including phenoxy) is 1. The van der Waals surface area contributed by atoms with Gasteiger partial charge >= 0.3 is 0 Å². The molecule has 120 valence electrons. The summed E-state index contributed by atoms with van der Waals surface area (Å²) in [6.45, 7) is 8.22. The molecule has 1 amide bonds. The van der Waals surface area contributed by atoms with Gasteiger partial charge in [0.15, 0.2) is 0 Å². The van der Waals surface area contributed by atoms with Crippen molar-refractivity contribution in [1.29, 1.82) is 0 Å². The maximum atomic E-state index is 12.1. The molecule has 23 heavy (non-hydrogen) atoms. The molecule has 1 N–H and O–H groups in total. The first-order valence-electron chi connectivity index (χ1n) is 8.11. The molecule has 0 aliphatic carbocycles. The second-order valence-electron chi connectivity index (χ2n) is 6.57. The van der Waals surface area contributed by atoms with Gasteiger partial charge in [0.2, 0.25) is 5.91 Å². The maximum absolute atomic E-state index is 12.1. The molecular formula is C20H23NO2. The molecule has 0 bridgehead atoms. The molecule has 0 saturated carbocycles. The van der Waals surface area contributed by atoms with Crippen molar-refractivity contribution in [1.82, 2.24) is 0 Å². The van der Waals surface area contributed by atoms with E-state index in [1.54, 1.807) is 0 Å². The summed E-state index contributed by atoms with van der Waals surface area (Å²) < 4.78 is 5.80. The van der Waals surface area contributed by atoms with E-state index in [0.29, 0.717) is 6.42 Å². The predicted molar refractivity (Wildman–Crippen MR) is 93.2 cm³/mol. The van der Waals surface area contributed by atoms with E-state index in [1.807, 2.05) is 26.0 Å². The Hall–Kier alpha value is -2.29. The Kier molecular flexibility index (Phi) is 4.12. The molecule has 3 heteroatoms. The highest BCUT2D eigenvalue weighted by atomic mass is 16.5. The molecule has 3 rings (SSSR count). The third kappa shape index (κ3) is 3.24. The average Bonchev–Trinajstić information content (AvgIpc) is 2.48. The van der Waals surface area contributed by atoms with E-state index in [2.05, 4.69) is 43.4 Å². The zero-order chi connectivity index (χ0) is 16.6. The monoisotopic (exact) mass is 309 g/mol. The summed E-state index contributed by atoms with van der Waals surface area (Å²) >= 11 is 0. The fourth-order valence-corrected chi connectivity index (χ4v) is 3.11. The molecule has 3 nitrogen and oxygen atoms in total. The molecule has 1 aliphatic rings. The van der Waals surface area contributed by atoms with Gasteiger partial charge in [-0.25, -0.2) is 0 Å². The molecule has 0 radical (unpaired) electrons. The van der Waals surface area contributed by atoms with Gasteiger partial charge in [-0.1, -0.05) is 18.2 Å². The lowest BCUT2D eigenvalue weighted by molar-refractivity contribution is -0.116. The van der Waals surface area contributed by atoms with Crippen molar-refractivity contribution in [3.05, 3.63) is 58.7 Å². The van der Waals surface area contributed by atoms with Crippen LogP contribution in [0.25, 0.3) is 0 Å². The highest BCUT2D eigenvalue weighted by Gasteiger charge is 2.27. The fraction of sp³-hybridized carbons (Fsp3) is 0.350. The molecule has 0 aromatic heterocycles. The third-order valence-electron chi connectivity index (χ3n) is 4.34. The van der Waals surface area contributed by atoms with Crippen LogP contribution >= 0.6 is 0 Å². The van der Waals surface area contributed by atoms with Crippen LogP contribution in [0.15, 0.2) is 36.4 Å². The van der Waals surface area contributed by atoms with E-state index in [4.69, 9.17) is 4.74 Å². The van der Waals surface area contributed by atoms with Crippen molar-refractivity contribution in [2.24, 2.45) is 0 Å². The number of hydrogen-bond donors (Lipinski definition) is 1. The number of carbonyl (C=O) groups is 1. The van der Waals surface area contributed by atoms with Gasteiger partial charge in [0, 0.05) is 18.0 Å². The first-order valence-corrected chi connectivity index (χ1v) is 8.11. The number of amides is 1. The van der Waals surface area contributed by atoms with Crippen LogP contribution in [0.2, 0.25) is 0 Å².